The first-order valence-corrected chi connectivity index (χ1v) is 16.7. The Morgan fingerprint density at radius 3 is 2.17 bits per heavy atom. The number of anilines is 1. The van der Waals surface area contributed by atoms with Crippen LogP contribution in [0.5, 0.6) is 5.75 Å². The van der Waals surface area contributed by atoms with Crippen LogP contribution in [0.1, 0.15) is 45.2 Å². The summed E-state index contributed by atoms with van der Waals surface area (Å²) in [6.07, 6.45) is 2.27. The Morgan fingerprint density at radius 2 is 1.60 bits per heavy atom. The van der Waals surface area contributed by atoms with Gasteiger partial charge in [-0.15, -0.1) is 11.8 Å². The summed E-state index contributed by atoms with van der Waals surface area (Å²) in [4.78, 5) is 30.0. The molecule has 8 nitrogen and oxygen atoms in total. The van der Waals surface area contributed by atoms with Crippen LogP contribution in [-0.4, -0.2) is 56.6 Å². The Balaban J connectivity index is 2.11. The van der Waals surface area contributed by atoms with Crippen LogP contribution in [0.15, 0.2) is 82.6 Å². The number of thioether (sulfide) groups is 1. The molecule has 0 aliphatic rings. The summed E-state index contributed by atoms with van der Waals surface area (Å²) in [6, 6.07) is 20.1. The van der Waals surface area contributed by atoms with Crippen LogP contribution in [0.4, 0.5) is 5.69 Å². The Bertz CT molecular complexity index is 1440. The largest absolute Gasteiger partial charge is 0.492 e. The predicted octanol–water partition coefficient (Wildman–Crippen LogP) is 5.64. The number of sulfonamides is 1. The van der Waals surface area contributed by atoms with E-state index < -0.39 is 28.5 Å². The highest BCUT2D eigenvalue weighted by Gasteiger charge is 2.35. The maximum Gasteiger partial charge on any atom is 0.264 e. The van der Waals surface area contributed by atoms with E-state index in [4.69, 9.17) is 4.74 Å². The van der Waals surface area contributed by atoms with E-state index in [1.807, 2.05) is 65.1 Å². The maximum absolute atomic E-state index is 14.2. The molecule has 3 rings (SSSR count). The van der Waals surface area contributed by atoms with E-state index in [1.54, 1.807) is 36.4 Å². The molecule has 2 amide bonds. The Hall–Kier alpha value is -3.50. The fourth-order valence-electron chi connectivity index (χ4n) is 4.52. The van der Waals surface area contributed by atoms with Gasteiger partial charge in [0.05, 0.1) is 17.2 Å². The van der Waals surface area contributed by atoms with Gasteiger partial charge in [-0.25, -0.2) is 8.42 Å². The first kappa shape index (κ1) is 33.0. The molecule has 0 spiro atoms. The molecule has 0 aliphatic carbocycles. The van der Waals surface area contributed by atoms with Crippen molar-refractivity contribution in [2.24, 2.45) is 0 Å². The molecule has 42 heavy (non-hydrogen) atoms. The molecule has 0 radical (unpaired) electrons. The number of ether oxygens (including phenoxy) is 1. The third-order valence-corrected chi connectivity index (χ3v) is 9.17. The van der Waals surface area contributed by atoms with Gasteiger partial charge in [0.1, 0.15) is 18.3 Å². The summed E-state index contributed by atoms with van der Waals surface area (Å²) in [5.74, 6) is -0.450. The van der Waals surface area contributed by atoms with Crippen LogP contribution in [0.3, 0.4) is 0 Å². The van der Waals surface area contributed by atoms with Gasteiger partial charge in [-0.2, -0.15) is 0 Å². The maximum atomic E-state index is 14.2. The summed E-state index contributed by atoms with van der Waals surface area (Å²) in [5, 5.41) is 2.92. The number of hydrogen-bond acceptors (Lipinski definition) is 6. The first-order chi connectivity index (χ1) is 20.0. The highest BCUT2D eigenvalue weighted by atomic mass is 32.2. The third kappa shape index (κ3) is 8.29. The molecule has 0 fully saturated rings. The van der Waals surface area contributed by atoms with Crippen LogP contribution in [0.25, 0.3) is 0 Å². The minimum atomic E-state index is -4.20. The zero-order chi connectivity index (χ0) is 30.9. The minimum absolute atomic E-state index is 0.0501. The lowest BCUT2D eigenvalue weighted by atomic mass is 10.1. The molecule has 3 aromatic rings. The molecule has 226 valence electrons. The van der Waals surface area contributed by atoms with Crippen LogP contribution >= 0.6 is 11.8 Å². The average Bonchev–Trinajstić information content (AvgIpc) is 2.97. The van der Waals surface area contributed by atoms with Gasteiger partial charge in [0.15, 0.2) is 0 Å². The summed E-state index contributed by atoms with van der Waals surface area (Å²) in [6.45, 7) is 9.28. The quantitative estimate of drug-likeness (QED) is 0.237. The number of hydrogen-bond donors (Lipinski definition) is 1. The number of aryl methyl sites for hydroxylation is 1. The van der Waals surface area contributed by atoms with Crippen molar-refractivity contribution in [3.05, 3.63) is 83.9 Å². The number of amides is 2. The Labute approximate surface area is 254 Å². The number of para-hydroxylation sites is 2. The van der Waals surface area contributed by atoms with Crippen molar-refractivity contribution >= 4 is 39.3 Å². The minimum Gasteiger partial charge on any atom is -0.492 e. The van der Waals surface area contributed by atoms with Gasteiger partial charge in [-0.3, -0.25) is 13.9 Å². The standard InChI is InChI=1S/C32H41N3O5S2/c1-7-28(32(37)33-23(3)4)34(21-25-15-13-24(5)14-16-25)31(36)22-35(29-11-9-10-12-30(29)40-8-2)42(38,39)27-19-17-26(41-6)18-20-27/h9-20,23,28H,7-8,21-22H2,1-6H3,(H,33,37)/t28-/m0/s1. The van der Waals surface area contributed by atoms with Crippen LogP contribution in [-0.2, 0) is 26.2 Å². The highest BCUT2D eigenvalue weighted by Crippen LogP contribution is 2.33. The lowest BCUT2D eigenvalue weighted by Gasteiger charge is -2.34. The first-order valence-electron chi connectivity index (χ1n) is 14.1. The van der Waals surface area contributed by atoms with E-state index >= 15 is 0 Å². The van der Waals surface area contributed by atoms with Crippen molar-refractivity contribution in [2.75, 3.05) is 23.7 Å². The number of rotatable bonds is 14. The Morgan fingerprint density at radius 1 is 0.952 bits per heavy atom. The van der Waals surface area contributed by atoms with Crippen LogP contribution in [0.2, 0.25) is 0 Å². The molecule has 1 N–H and O–H groups in total. The zero-order valence-corrected chi connectivity index (χ0v) is 26.8. The van der Waals surface area contributed by atoms with E-state index in [1.165, 1.54) is 28.8 Å². The second-order valence-corrected chi connectivity index (χ2v) is 12.9. The van der Waals surface area contributed by atoms with Gasteiger partial charge in [-0.05, 0) is 82.3 Å². The van der Waals surface area contributed by atoms with Crippen molar-refractivity contribution < 1.29 is 22.7 Å². The van der Waals surface area contributed by atoms with Gasteiger partial charge in [0.25, 0.3) is 10.0 Å². The normalized spacial score (nSPS) is 12.1. The molecule has 0 aromatic heterocycles. The second kappa shape index (κ2) is 15.1. The molecule has 0 saturated heterocycles. The van der Waals surface area contributed by atoms with Gasteiger partial charge in [-0.1, -0.05) is 48.9 Å². The molecule has 0 unspecified atom stereocenters. The van der Waals surface area contributed by atoms with E-state index in [0.717, 1.165) is 20.3 Å². The summed E-state index contributed by atoms with van der Waals surface area (Å²) in [5.41, 5.74) is 2.15. The van der Waals surface area contributed by atoms with Crippen LogP contribution in [0, 0.1) is 6.92 Å². The fourth-order valence-corrected chi connectivity index (χ4v) is 6.35. The molecule has 0 bridgehead atoms. The number of benzene rings is 3. The van der Waals surface area contributed by atoms with Crippen molar-refractivity contribution in [1.82, 2.24) is 10.2 Å². The van der Waals surface area contributed by atoms with Gasteiger partial charge >= 0.3 is 0 Å². The smallest absolute Gasteiger partial charge is 0.264 e. The number of nitrogens with one attached hydrogen (secondary N) is 1. The lowest BCUT2D eigenvalue weighted by Crippen LogP contribution is -2.53. The van der Waals surface area contributed by atoms with Gasteiger partial charge in [0.2, 0.25) is 11.8 Å². The topological polar surface area (TPSA) is 96.0 Å². The molecule has 0 aliphatic heterocycles. The predicted molar refractivity (Wildman–Crippen MR) is 169 cm³/mol. The van der Waals surface area contributed by atoms with E-state index in [2.05, 4.69) is 5.32 Å². The molecular formula is C32H41N3O5S2. The third-order valence-electron chi connectivity index (χ3n) is 6.65. The number of nitrogens with zero attached hydrogens (tertiary/aromatic N) is 2. The molecule has 3 aromatic carbocycles. The second-order valence-electron chi connectivity index (χ2n) is 10.2. The van der Waals surface area contributed by atoms with Crippen LogP contribution < -0.4 is 14.4 Å². The fraction of sp³-hybridized carbons (Fsp3) is 0.375. The molecule has 0 saturated carbocycles. The number of carbonyl (C=O) groups is 2. The lowest BCUT2D eigenvalue weighted by molar-refractivity contribution is -0.140. The Kier molecular flexibility index (Phi) is 11.9. The van der Waals surface area contributed by atoms with Crippen molar-refractivity contribution in [1.29, 1.82) is 0 Å². The summed E-state index contributed by atoms with van der Waals surface area (Å²) >= 11 is 1.50. The van der Waals surface area contributed by atoms with E-state index in [-0.39, 0.29) is 29.1 Å². The zero-order valence-electron chi connectivity index (χ0n) is 25.2. The van der Waals surface area contributed by atoms with E-state index in [0.29, 0.717) is 18.8 Å². The SMILES string of the molecule is CCOc1ccccc1N(CC(=O)N(Cc1ccc(C)cc1)[C@@H](CC)C(=O)NC(C)C)S(=O)(=O)c1ccc(SC)cc1. The van der Waals surface area contributed by atoms with E-state index in [9.17, 15) is 18.0 Å². The molecule has 0 heterocycles. The highest BCUT2D eigenvalue weighted by molar-refractivity contribution is 7.98. The number of carbonyl (C=O) groups excluding carboxylic acids is 2. The van der Waals surface area contributed by atoms with Crippen molar-refractivity contribution in [3.8, 4) is 5.75 Å². The average molecular weight is 612 g/mol. The van der Waals surface area contributed by atoms with Crippen molar-refractivity contribution in [2.45, 2.75) is 69.5 Å². The molecular weight excluding hydrogens is 571 g/mol. The molecule has 1 atom stereocenters. The van der Waals surface area contributed by atoms with Gasteiger partial charge < -0.3 is 15.0 Å². The summed E-state index contributed by atoms with van der Waals surface area (Å²) < 4.78 is 35.2. The monoisotopic (exact) mass is 611 g/mol. The molecule has 10 heteroatoms. The van der Waals surface area contributed by atoms with Crippen molar-refractivity contribution in [3.63, 3.8) is 0 Å². The van der Waals surface area contributed by atoms with Gasteiger partial charge in [0, 0.05) is 17.5 Å². The summed E-state index contributed by atoms with van der Waals surface area (Å²) in [7, 11) is -4.20.